The molecule has 0 saturated heterocycles. The van der Waals surface area contributed by atoms with Crippen LogP contribution < -0.4 is 5.01 Å². The number of nitriles is 1. The number of phenolic OH excluding ortho intramolecular Hbond substituents is 1. The van der Waals surface area contributed by atoms with E-state index in [2.05, 4.69) is 88.6 Å². The Labute approximate surface area is 208 Å². The standard InChI is InChI=1S/C32H21N3O/c33-20-21-8-7-9-23(18-21)32-27-12-2-5-14-29(27)35(32)34-28-13-4-1-11-25(28)26-17-16-22(19-30(26)34)24-10-3-6-15-31(24)36/h1-19,32,36H. The Morgan fingerprint density at radius 3 is 2.36 bits per heavy atom. The van der Waals surface area contributed by atoms with E-state index in [1.54, 1.807) is 6.07 Å². The highest BCUT2D eigenvalue weighted by Crippen LogP contribution is 2.49. The largest absolute Gasteiger partial charge is 0.507 e. The minimum Gasteiger partial charge on any atom is -0.507 e. The van der Waals surface area contributed by atoms with Gasteiger partial charge < -0.3 is 5.11 Å². The molecule has 1 unspecified atom stereocenters. The molecule has 0 fully saturated rings. The summed E-state index contributed by atoms with van der Waals surface area (Å²) in [5.74, 6) is 0.264. The summed E-state index contributed by atoms with van der Waals surface area (Å²) in [5, 5.41) is 24.7. The SMILES string of the molecule is N#Cc1cccc(C2c3ccccc3N2n2c3ccccc3c3ccc(-c4ccccc4O)cc32)c1. The maximum absolute atomic E-state index is 10.5. The van der Waals surface area contributed by atoms with Crippen LogP contribution in [0.15, 0.2) is 115 Å². The summed E-state index contributed by atoms with van der Waals surface area (Å²) in [6.07, 6.45) is 0. The number of hydrogen-bond acceptors (Lipinski definition) is 3. The second-order valence-corrected chi connectivity index (χ2v) is 9.12. The average Bonchev–Trinajstić information content (AvgIpc) is 3.23. The Morgan fingerprint density at radius 2 is 1.47 bits per heavy atom. The molecule has 1 atom stereocenters. The third kappa shape index (κ3) is 2.87. The zero-order valence-corrected chi connectivity index (χ0v) is 19.3. The Balaban J connectivity index is 1.52. The summed E-state index contributed by atoms with van der Waals surface area (Å²) in [5.41, 5.74) is 8.04. The number of fused-ring (bicyclic) bond motifs is 4. The van der Waals surface area contributed by atoms with Gasteiger partial charge in [-0.25, -0.2) is 0 Å². The first-order chi connectivity index (χ1) is 17.7. The lowest BCUT2D eigenvalue weighted by Crippen LogP contribution is -2.42. The van der Waals surface area contributed by atoms with Crippen LogP contribution in [0.4, 0.5) is 5.69 Å². The summed E-state index contributed by atoms with van der Waals surface area (Å²) < 4.78 is 2.29. The molecule has 4 nitrogen and oxygen atoms in total. The average molecular weight is 464 g/mol. The van der Waals surface area contributed by atoms with Crippen molar-refractivity contribution in [1.29, 1.82) is 5.26 Å². The van der Waals surface area contributed by atoms with Gasteiger partial charge in [0.2, 0.25) is 0 Å². The first-order valence-corrected chi connectivity index (χ1v) is 11.9. The van der Waals surface area contributed by atoms with E-state index < -0.39 is 0 Å². The summed E-state index contributed by atoms with van der Waals surface area (Å²) >= 11 is 0. The van der Waals surface area contributed by atoms with Crippen LogP contribution in [0.3, 0.4) is 0 Å². The maximum atomic E-state index is 10.5. The molecule has 1 aliphatic heterocycles. The number of hydrogen-bond donors (Lipinski definition) is 1. The van der Waals surface area contributed by atoms with E-state index in [4.69, 9.17) is 0 Å². The lowest BCUT2D eigenvalue weighted by atomic mass is 9.88. The predicted molar refractivity (Wildman–Crippen MR) is 144 cm³/mol. The van der Waals surface area contributed by atoms with Crippen molar-refractivity contribution in [1.82, 2.24) is 4.68 Å². The van der Waals surface area contributed by atoms with E-state index in [1.807, 2.05) is 36.4 Å². The second kappa shape index (κ2) is 7.76. The highest BCUT2D eigenvalue weighted by atomic mass is 16.3. The smallest absolute Gasteiger partial charge is 0.123 e. The van der Waals surface area contributed by atoms with Crippen LogP contribution in [-0.2, 0) is 0 Å². The fourth-order valence-corrected chi connectivity index (χ4v) is 5.52. The van der Waals surface area contributed by atoms with Gasteiger partial charge in [0.1, 0.15) is 11.8 Å². The van der Waals surface area contributed by atoms with Gasteiger partial charge in [-0.05, 0) is 47.5 Å². The molecule has 0 saturated carbocycles. The Hall–Kier alpha value is -5.01. The number of benzene rings is 5. The molecule has 5 aromatic carbocycles. The molecule has 4 heteroatoms. The zero-order valence-electron chi connectivity index (χ0n) is 19.3. The molecule has 0 aliphatic carbocycles. The molecule has 1 aliphatic rings. The van der Waals surface area contributed by atoms with Crippen LogP contribution in [0.1, 0.15) is 22.7 Å². The van der Waals surface area contributed by atoms with Gasteiger partial charge >= 0.3 is 0 Å². The van der Waals surface area contributed by atoms with E-state index in [9.17, 15) is 10.4 Å². The molecule has 0 spiro atoms. The van der Waals surface area contributed by atoms with Crippen LogP contribution in [0.2, 0.25) is 0 Å². The first-order valence-electron chi connectivity index (χ1n) is 11.9. The summed E-state index contributed by atoms with van der Waals surface area (Å²) in [6, 6.07) is 40.9. The van der Waals surface area contributed by atoms with Crippen molar-refractivity contribution in [3.8, 4) is 22.9 Å². The van der Waals surface area contributed by atoms with E-state index >= 15 is 0 Å². The Kier molecular flexibility index (Phi) is 4.39. The fraction of sp³-hybridized carbons (Fsp3) is 0.0312. The molecule has 7 rings (SSSR count). The number of anilines is 1. The van der Waals surface area contributed by atoms with Gasteiger partial charge in [0, 0.05) is 21.9 Å². The van der Waals surface area contributed by atoms with Crippen molar-refractivity contribution in [2.75, 3.05) is 5.01 Å². The molecule has 1 N–H and O–H groups in total. The maximum Gasteiger partial charge on any atom is 0.123 e. The van der Waals surface area contributed by atoms with Gasteiger partial charge in [0.15, 0.2) is 0 Å². The molecule has 170 valence electrons. The number of rotatable bonds is 3. The minimum atomic E-state index is -0.0257. The van der Waals surface area contributed by atoms with Gasteiger partial charge in [0.05, 0.1) is 28.4 Å². The lowest BCUT2D eigenvalue weighted by Gasteiger charge is -2.46. The first kappa shape index (κ1) is 20.4. The topological polar surface area (TPSA) is 52.2 Å². The number of aromatic hydroxyl groups is 1. The fourth-order valence-electron chi connectivity index (χ4n) is 5.52. The monoisotopic (exact) mass is 463 g/mol. The highest BCUT2D eigenvalue weighted by molar-refractivity contribution is 6.10. The molecule has 2 heterocycles. The van der Waals surface area contributed by atoms with Crippen LogP contribution in [0.5, 0.6) is 5.75 Å². The molecular weight excluding hydrogens is 442 g/mol. The Bertz CT molecular complexity index is 1840. The summed E-state index contributed by atoms with van der Waals surface area (Å²) in [6.45, 7) is 0. The second-order valence-electron chi connectivity index (χ2n) is 9.12. The molecule has 0 bridgehead atoms. The van der Waals surface area contributed by atoms with Crippen molar-refractivity contribution in [2.45, 2.75) is 6.04 Å². The number of para-hydroxylation sites is 3. The van der Waals surface area contributed by atoms with E-state index in [0.29, 0.717) is 5.56 Å². The molecule has 6 aromatic rings. The van der Waals surface area contributed by atoms with Crippen molar-refractivity contribution in [2.24, 2.45) is 0 Å². The lowest BCUT2D eigenvalue weighted by molar-refractivity contribution is 0.477. The van der Waals surface area contributed by atoms with Crippen LogP contribution >= 0.6 is 0 Å². The number of phenols is 1. The summed E-state index contributed by atoms with van der Waals surface area (Å²) in [4.78, 5) is 0. The normalized spacial score (nSPS) is 14.4. The van der Waals surface area contributed by atoms with Gasteiger partial charge in [-0.1, -0.05) is 78.9 Å². The van der Waals surface area contributed by atoms with Gasteiger partial charge in [-0.15, -0.1) is 0 Å². The van der Waals surface area contributed by atoms with Gasteiger partial charge in [-0.3, -0.25) is 9.69 Å². The summed E-state index contributed by atoms with van der Waals surface area (Å²) in [7, 11) is 0. The molecule has 0 amide bonds. The number of aromatic nitrogens is 1. The van der Waals surface area contributed by atoms with E-state index in [1.165, 1.54) is 10.9 Å². The van der Waals surface area contributed by atoms with Gasteiger partial charge in [0.25, 0.3) is 0 Å². The van der Waals surface area contributed by atoms with Crippen molar-refractivity contribution >= 4 is 27.5 Å². The quantitative estimate of drug-likeness (QED) is 0.297. The van der Waals surface area contributed by atoms with E-state index in [-0.39, 0.29) is 11.8 Å². The third-order valence-corrected chi connectivity index (χ3v) is 7.13. The molecule has 0 radical (unpaired) electrons. The van der Waals surface area contributed by atoms with Crippen LogP contribution in [-0.4, -0.2) is 9.78 Å². The predicted octanol–water partition coefficient (Wildman–Crippen LogP) is 7.41. The van der Waals surface area contributed by atoms with Crippen LogP contribution in [0, 0.1) is 11.3 Å². The minimum absolute atomic E-state index is 0.0257. The van der Waals surface area contributed by atoms with Gasteiger partial charge in [-0.2, -0.15) is 5.26 Å². The van der Waals surface area contributed by atoms with Crippen molar-refractivity contribution in [3.05, 3.63) is 132 Å². The van der Waals surface area contributed by atoms with E-state index in [0.717, 1.165) is 38.8 Å². The third-order valence-electron chi connectivity index (χ3n) is 7.13. The Morgan fingerprint density at radius 1 is 0.694 bits per heavy atom. The van der Waals surface area contributed by atoms with Crippen molar-refractivity contribution < 1.29 is 5.11 Å². The zero-order chi connectivity index (χ0) is 24.2. The number of nitrogens with zero attached hydrogens (tertiary/aromatic N) is 3. The molecule has 36 heavy (non-hydrogen) atoms. The highest BCUT2D eigenvalue weighted by Gasteiger charge is 2.38. The molecular formula is C32H21N3O. The van der Waals surface area contributed by atoms with Crippen LogP contribution in [0.25, 0.3) is 32.9 Å². The molecule has 1 aromatic heterocycles. The van der Waals surface area contributed by atoms with Crippen molar-refractivity contribution in [3.63, 3.8) is 0 Å².